The van der Waals surface area contributed by atoms with Gasteiger partial charge in [0, 0.05) is 22.1 Å². The number of hydrogen-bond donors (Lipinski definition) is 1. The molecule has 1 aromatic carbocycles. The maximum atomic E-state index is 14.4. The molecule has 1 fully saturated rings. The summed E-state index contributed by atoms with van der Waals surface area (Å²) >= 11 is 3.26. The second kappa shape index (κ2) is 10.2. The molecule has 0 saturated heterocycles. The van der Waals surface area contributed by atoms with Gasteiger partial charge in [-0.05, 0) is 79.4 Å². The molecule has 6 nitrogen and oxygen atoms in total. The Balaban J connectivity index is 2.07. The van der Waals surface area contributed by atoms with Gasteiger partial charge in [-0.3, -0.25) is 0 Å². The minimum absolute atomic E-state index is 0.0176. The van der Waals surface area contributed by atoms with Crippen molar-refractivity contribution < 1.29 is 23.5 Å². The lowest BCUT2D eigenvalue weighted by Crippen LogP contribution is -2.48. The topological polar surface area (TPSA) is 67.9 Å². The first-order chi connectivity index (χ1) is 14.2. The largest absolute Gasteiger partial charge is 0.444 e. The molecule has 0 aromatic heterocycles. The van der Waals surface area contributed by atoms with Crippen LogP contribution in [0.1, 0.15) is 72.8 Å². The van der Waals surface area contributed by atoms with E-state index in [-0.39, 0.29) is 24.4 Å². The van der Waals surface area contributed by atoms with E-state index in [9.17, 15) is 14.0 Å². The summed E-state index contributed by atoms with van der Waals surface area (Å²) in [5.41, 5.74) is -0.768. The summed E-state index contributed by atoms with van der Waals surface area (Å²) in [6.45, 7) is 11.0. The van der Waals surface area contributed by atoms with E-state index >= 15 is 0 Å². The smallest absolute Gasteiger partial charge is 0.410 e. The summed E-state index contributed by atoms with van der Waals surface area (Å²) in [6, 6.07) is 4.70. The molecule has 0 radical (unpaired) electrons. The minimum atomic E-state index is -0.650. The van der Waals surface area contributed by atoms with E-state index in [2.05, 4.69) is 21.2 Å². The fraction of sp³-hybridized carbons (Fsp3) is 0.652. The van der Waals surface area contributed by atoms with E-state index in [0.29, 0.717) is 35.7 Å². The Morgan fingerprint density at radius 2 is 1.65 bits per heavy atom. The molecule has 8 heteroatoms. The molecule has 0 unspecified atom stereocenters. The van der Waals surface area contributed by atoms with Crippen molar-refractivity contribution in [2.24, 2.45) is 0 Å². The van der Waals surface area contributed by atoms with Crippen molar-refractivity contribution in [1.82, 2.24) is 10.2 Å². The molecule has 2 rings (SSSR count). The van der Waals surface area contributed by atoms with Crippen molar-refractivity contribution in [3.05, 3.63) is 34.1 Å². The van der Waals surface area contributed by atoms with Crippen LogP contribution in [0.5, 0.6) is 0 Å². The summed E-state index contributed by atoms with van der Waals surface area (Å²) in [7, 11) is 0. The van der Waals surface area contributed by atoms with E-state index in [1.54, 1.807) is 17.0 Å². The lowest BCUT2D eigenvalue weighted by molar-refractivity contribution is 0.00772. The number of rotatable bonds is 4. The first-order valence-electron chi connectivity index (χ1n) is 10.7. The molecule has 1 aliphatic carbocycles. The summed E-state index contributed by atoms with van der Waals surface area (Å²) in [5, 5.41) is 2.91. The molecular weight excluding hydrogens is 467 g/mol. The molecule has 0 aliphatic heterocycles. The molecule has 1 N–H and O–H groups in total. The van der Waals surface area contributed by atoms with Crippen molar-refractivity contribution in [1.29, 1.82) is 0 Å². The molecule has 2 amide bonds. The van der Waals surface area contributed by atoms with Gasteiger partial charge < -0.3 is 19.7 Å². The Bertz CT molecular complexity index is 781. The summed E-state index contributed by atoms with van der Waals surface area (Å²) in [4.78, 5) is 26.6. The number of nitrogens with zero attached hydrogens (tertiary/aromatic N) is 1. The third kappa shape index (κ3) is 8.67. The van der Waals surface area contributed by atoms with Crippen LogP contribution in [-0.2, 0) is 16.0 Å². The van der Waals surface area contributed by atoms with Crippen LogP contribution < -0.4 is 5.32 Å². The van der Waals surface area contributed by atoms with Crippen LogP contribution in [0.2, 0.25) is 0 Å². The van der Waals surface area contributed by atoms with Crippen LogP contribution in [0.15, 0.2) is 22.7 Å². The van der Waals surface area contributed by atoms with E-state index in [0.717, 1.165) is 0 Å². The van der Waals surface area contributed by atoms with Gasteiger partial charge in [-0.15, -0.1) is 0 Å². The number of halogens is 2. The van der Waals surface area contributed by atoms with Crippen LogP contribution in [0.25, 0.3) is 0 Å². The Kier molecular flexibility index (Phi) is 8.36. The maximum Gasteiger partial charge on any atom is 0.410 e. The fourth-order valence-corrected chi connectivity index (χ4v) is 3.84. The Morgan fingerprint density at radius 1 is 1.06 bits per heavy atom. The van der Waals surface area contributed by atoms with Crippen molar-refractivity contribution in [2.45, 2.75) is 97.1 Å². The molecule has 0 atom stereocenters. The monoisotopic (exact) mass is 500 g/mol. The SMILES string of the molecule is CC(C)(C)OC(=O)N[C@H]1CC[C@H](N(Cc2ccc(Br)cc2F)C(=O)OC(C)(C)C)CC1. The van der Waals surface area contributed by atoms with Crippen LogP contribution >= 0.6 is 15.9 Å². The third-order valence-corrected chi connectivity index (χ3v) is 5.34. The molecule has 0 bridgehead atoms. The zero-order chi connectivity index (χ0) is 23.4. The lowest BCUT2D eigenvalue weighted by Gasteiger charge is -2.38. The minimum Gasteiger partial charge on any atom is -0.444 e. The average molecular weight is 501 g/mol. The first kappa shape index (κ1) is 25.4. The number of amides is 2. The number of ether oxygens (including phenoxy) is 2. The van der Waals surface area contributed by atoms with E-state index in [1.165, 1.54) is 6.07 Å². The number of hydrogen-bond acceptors (Lipinski definition) is 4. The summed E-state index contributed by atoms with van der Waals surface area (Å²) in [6.07, 6.45) is 1.86. The predicted octanol–water partition coefficient (Wildman–Crippen LogP) is 6.16. The predicted molar refractivity (Wildman–Crippen MR) is 121 cm³/mol. The van der Waals surface area contributed by atoms with Gasteiger partial charge in [-0.1, -0.05) is 22.0 Å². The fourth-order valence-electron chi connectivity index (χ4n) is 3.50. The summed E-state index contributed by atoms with van der Waals surface area (Å²) in [5.74, 6) is -0.372. The van der Waals surface area contributed by atoms with Gasteiger partial charge in [0.2, 0.25) is 0 Å². The highest BCUT2D eigenvalue weighted by atomic mass is 79.9. The second-order valence-electron chi connectivity index (χ2n) is 10.00. The highest BCUT2D eigenvalue weighted by Crippen LogP contribution is 2.28. The number of carbonyl (C=O) groups is 2. The third-order valence-electron chi connectivity index (χ3n) is 4.84. The van der Waals surface area contributed by atoms with Crippen LogP contribution in [0, 0.1) is 5.82 Å². The van der Waals surface area contributed by atoms with Gasteiger partial charge >= 0.3 is 12.2 Å². The van der Waals surface area contributed by atoms with Crippen molar-refractivity contribution in [3.63, 3.8) is 0 Å². The van der Waals surface area contributed by atoms with Crippen molar-refractivity contribution >= 4 is 28.1 Å². The second-order valence-corrected chi connectivity index (χ2v) is 10.9. The molecule has 174 valence electrons. The quantitative estimate of drug-likeness (QED) is 0.537. The van der Waals surface area contributed by atoms with Gasteiger partial charge in [0.25, 0.3) is 0 Å². The molecule has 0 spiro atoms. The highest BCUT2D eigenvalue weighted by Gasteiger charge is 2.33. The van der Waals surface area contributed by atoms with Crippen LogP contribution in [0.3, 0.4) is 0 Å². The van der Waals surface area contributed by atoms with Gasteiger partial charge in [0.1, 0.15) is 17.0 Å². The van der Waals surface area contributed by atoms with Crippen molar-refractivity contribution in [2.75, 3.05) is 0 Å². The van der Waals surface area contributed by atoms with Crippen LogP contribution in [-0.4, -0.2) is 40.4 Å². The Labute approximate surface area is 193 Å². The lowest BCUT2D eigenvalue weighted by atomic mass is 9.90. The number of alkyl carbamates (subject to hydrolysis) is 1. The Morgan fingerprint density at radius 3 is 2.16 bits per heavy atom. The van der Waals surface area contributed by atoms with Gasteiger partial charge in [-0.2, -0.15) is 0 Å². The summed E-state index contributed by atoms with van der Waals surface area (Å²) < 4.78 is 26.0. The number of nitrogens with one attached hydrogen (secondary N) is 1. The van der Waals surface area contributed by atoms with E-state index in [4.69, 9.17) is 9.47 Å². The molecular formula is C23H34BrFN2O4. The van der Waals surface area contributed by atoms with Crippen LogP contribution in [0.4, 0.5) is 14.0 Å². The van der Waals surface area contributed by atoms with Gasteiger partial charge in [0.15, 0.2) is 0 Å². The molecule has 1 aromatic rings. The zero-order valence-electron chi connectivity index (χ0n) is 19.3. The molecule has 1 saturated carbocycles. The highest BCUT2D eigenvalue weighted by molar-refractivity contribution is 9.10. The zero-order valence-corrected chi connectivity index (χ0v) is 20.8. The number of benzene rings is 1. The molecule has 1 aliphatic rings. The number of carbonyl (C=O) groups excluding carboxylic acids is 2. The molecule has 31 heavy (non-hydrogen) atoms. The first-order valence-corrected chi connectivity index (χ1v) is 11.5. The van der Waals surface area contributed by atoms with Gasteiger partial charge in [0.05, 0.1) is 6.54 Å². The maximum absolute atomic E-state index is 14.4. The van der Waals surface area contributed by atoms with E-state index < -0.39 is 23.4 Å². The molecule has 0 heterocycles. The Hall–Kier alpha value is -1.83. The van der Waals surface area contributed by atoms with E-state index in [1.807, 2.05) is 41.5 Å². The standard InChI is InChI=1S/C23H34BrFN2O4/c1-22(2,3)30-20(28)26-17-9-11-18(12-10-17)27(21(29)31-23(4,5)6)14-15-7-8-16(24)13-19(15)25/h7-8,13,17-18H,9-12,14H2,1-6H3,(H,26,28)/t17-,18-. The average Bonchev–Trinajstić information content (AvgIpc) is 2.58. The van der Waals surface area contributed by atoms with Gasteiger partial charge in [-0.25, -0.2) is 14.0 Å². The van der Waals surface area contributed by atoms with Crippen molar-refractivity contribution in [3.8, 4) is 0 Å². The normalized spacial score (nSPS) is 19.5.